The summed E-state index contributed by atoms with van der Waals surface area (Å²) >= 11 is 0. The fourth-order valence-electron chi connectivity index (χ4n) is 3.53. The number of hydrogen-bond acceptors (Lipinski definition) is 1. The van der Waals surface area contributed by atoms with Crippen LogP contribution in [-0.2, 0) is 0 Å². The lowest BCUT2D eigenvalue weighted by Gasteiger charge is -2.25. The summed E-state index contributed by atoms with van der Waals surface area (Å²) in [5.41, 5.74) is 1.41. The van der Waals surface area contributed by atoms with Crippen LogP contribution in [0.15, 0.2) is 30.3 Å². The van der Waals surface area contributed by atoms with Gasteiger partial charge >= 0.3 is 0 Å². The number of rotatable bonds is 17. The molecule has 0 N–H and O–H groups in total. The van der Waals surface area contributed by atoms with Crippen molar-refractivity contribution in [3.63, 3.8) is 0 Å². The van der Waals surface area contributed by atoms with Crippen molar-refractivity contribution in [1.29, 1.82) is 0 Å². The highest BCUT2D eigenvalue weighted by molar-refractivity contribution is 5.85. The Morgan fingerprint density at radius 1 is 0.538 bits per heavy atom. The summed E-state index contributed by atoms with van der Waals surface area (Å²) in [7, 11) is 0. The standard InChI is InChI=1S/C24H43N.ClH/c1-3-5-7-9-10-11-12-13-14-19-23-25(22-18-8-6-4-2)24-20-16-15-17-21-24;/h15-17,20-21H,3-14,18-19,22-23H2,1-2H3;1H. The second kappa shape index (κ2) is 19.1. The van der Waals surface area contributed by atoms with Crippen molar-refractivity contribution in [2.24, 2.45) is 0 Å². The summed E-state index contributed by atoms with van der Waals surface area (Å²) in [6.45, 7) is 7.04. The van der Waals surface area contributed by atoms with Crippen molar-refractivity contribution in [3.05, 3.63) is 30.3 Å². The number of unbranched alkanes of at least 4 members (excludes halogenated alkanes) is 12. The lowest BCUT2D eigenvalue weighted by molar-refractivity contribution is 0.551. The Kier molecular flexibility index (Phi) is 18.6. The van der Waals surface area contributed by atoms with Crippen LogP contribution in [0.3, 0.4) is 0 Å². The average Bonchev–Trinajstić information content (AvgIpc) is 2.65. The van der Waals surface area contributed by atoms with Gasteiger partial charge in [0.2, 0.25) is 0 Å². The van der Waals surface area contributed by atoms with Crippen LogP contribution in [0.5, 0.6) is 0 Å². The van der Waals surface area contributed by atoms with E-state index >= 15 is 0 Å². The van der Waals surface area contributed by atoms with Crippen LogP contribution < -0.4 is 4.90 Å². The molecule has 0 aromatic heterocycles. The third-order valence-corrected chi connectivity index (χ3v) is 5.18. The minimum Gasteiger partial charge on any atom is -0.372 e. The van der Waals surface area contributed by atoms with Gasteiger partial charge in [0.25, 0.3) is 0 Å². The third kappa shape index (κ3) is 13.5. The van der Waals surface area contributed by atoms with Gasteiger partial charge in [-0.3, -0.25) is 0 Å². The molecule has 0 saturated heterocycles. The summed E-state index contributed by atoms with van der Waals surface area (Å²) in [5, 5.41) is 0. The zero-order chi connectivity index (χ0) is 18.0. The molecular weight excluding hydrogens is 338 g/mol. The molecule has 0 spiro atoms. The summed E-state index contributed by atoms with van der Waals surface area (Å²) in [5.74, 6) is 0. The van der Waals surface area contributed by atoms with E-state index in [0.29, 0.717) is 0 Å². The Morgan fingerprint density at radius 2 is 0.923 bits per heavy atom. The molecule has 0 unspecified atom stereocenters. The highest BCUT2D eigenvalue weighted by Gasteiger charge is 2.05. The molecule has 152 valence electrons. The molecule has 0 atom stereocenters. The lowest BCUT2D eigenvalue weighted by atomic mass is 10.1. The fourth-order valence-corrected chi connectivity index (χ4v) is 3.53. The molecule has 0 radical (unpaired) electrons. The van der Waals surface area contributed by atoms with Crippen LogP contribution in [0.2, 0.25) is 0 Å². The van der Waals surface area contributed by atoms with E-state index in [2.05, 4.69) is 49.1 Å². The van der Waals surface area contributed by atoms with Crippen molar-refractivity contribution < 1.29 is 0 Å². The van der Waals surface area contributed by atoms with Crippen molar-refractivity contribution in [1.82, 2.24) is 0 Å². The number of anilines is 1. The van der Waals surface area contributed by atoms with Crippen LogP contribution in [0, 0.1) is 0 Å². The molecule has 0 aliphatic heterocycles. The van der Waals surface area contributed by atoms with Gasteiger partial charge in [0.15, 0.2) is 0 Å². The minimum atomic E-state index is 0. The molecule has 1 nitrogen and oxygen atoms in total. The molecule has 0 bridgehead atoms. The average molecular weight is 382 g/mol. The number of nitrogens with zero attached hydrogens (tertiary/aromatic N) is 1. The van der Waals surface area contributed by atoms with E-state index in [9.17, 15) is 0 Å². The quantitative estimate of drug-likeness (QED) is 0.245. The van der Waals surface area contributed by atoms with Crippen molar-refractivity contribution in [2.45, 2.75) is 104 Å². The molecule has 26 heavy (non-hydrogen) atoms. The molecule has 2 heteroatoms. The molecule has 0 aliphatic carbocycles. The maximum atomic E-state index is 2.61. The topological polar surface area (TPSA) is 3.24 Å². The predicted molar refractivity (Wildman–Crippen MR) is 122 cm³/mol. The van der Waals surface area contributed by atoms with Crippen molar-refractivity contribution >= 4 is 18.1 Å². The van der Waals surface area contributed by atoms with E-state index in [1.807, 2.05) is 0 Å². The van der Waals surface area contributed by atoms with Crippen molar-refractivity contribution in [3.8, 4) is 0 Å². The molecule has 1 aromatic rings. The van der Waals surface area contributed by atoms with Gasteiger partial charge in [-0.2, -0.15) is 0 Å². The second-order valence-corrected chi connectivity index (χ2v) is 7.57. The van der Waals surface area contributed by atoms with Gasteiger partial charge in [-0.25, -0.2) is 0 Å². The maximum absolute atomic E-state index is 2.61. The zero-order valence-corrected chi connectivity index (χ0v) is 18.4. The smallest absolute Gasteiger partial charge is 0.0366 e. The number of halogens is 1. The van der Waals surface area contributed by atoms with Gasteiger partial charge in [-0.05, 0) is 25.0 Å². The van der Waals surface area contributed by atoms with Gasteiger partial charge in [0, 0.05) is 18.8 Å². The van der Waals surface area contributed by atoms with Crippen LogP contribution in [0.1, 0.15) is 104 Å². The van der Waals surface area contributed by atoms with E-state index in [-0.39, 0.29) is 12.4 Å². The SMILES string of the molecule is CCCCCCCCCCCCN(CCCCCC)c1ccccc1.Cl. The second-order valence-electron chi connectivity index (χ2n) is 7.57. The summed E-state index contributed by atoms with van der Waals surface area (Å²) in [4.78, 5) is 2.61. The molecule has 0 aliphatic rings. The van der Waals surface area contributed by atoms with Gasteiger partial charge in [0.05, 0.1) is 0 Å². The third-order valence-electron chi connectivity index (χ3n) is 5.18. The summed E-state index contributed by atoms with van der Waals surface area (Å²) in [6, 6.07) is 11.0. The molecule has 0 fully saturated rings. The van der Waals surface area contributed by atoms with E-state index in [1.54, 1.807) is 0 Å². The maximum Gasteiger partial charge on any atom is 0.0366 e. The highest BCUT2D eigenvalue weighted by Crippen LogP contribution is 2.17. The number of benzene rings is 1. The lowest BCUT2D eigenvalue weighted by Crippen LogP contribution is -2.25. The van der Waals surface area contributed by atoms with Gasteiger partial charge in [-0.1, -0.05) is 109 Å². The minimum absolute atomic E-state index is 0. The molecule has 1 aromatic carbocycles. The van der Waals surface area contributed by atoms with Crippen molar-refractivity contribution in [2.75, 3.05) is 18.0 Å². The molecule has 0 saturated carbocycles. The molecule has 0 heterocycles. The Labute approximate surface area is 170 Å². The van der Waals surface area contributed by atoms with Gasteiger partial charge < -0.3 is 4.90 Å². The Balaban J connectivity index is 0.00000625. The van der Waals surface area contributed by atoms with E-state index in [1.165, 1.54) is 109 Å². The first-order chi connectivity index (χ1) is 12.4. The molecule has 1 rings (SSSR count). The van der Waals surface area contributed by atoms with Gasteiger partial charge in [0.1, 0.15) is 0 Å². The monoisotopic (exact) mass is 381 g/mol. The summed E-state index contributed by atoms with van der Waals surface area (Å²) < 4.78 is 0. The first-order valence-electron chi connectivity index (χ1n) is 11.2. The first kappa shape index (κ1) is 25.3. The first-order valence-corrected chi connectivity index (χ1v) is 11.2. The highest BCUT2D eigenvalue weighted by atomic mass is 35.5. The van der Waals surface area contributed by atoms with E-state index in [4.69, 9.17) is 0 Å². The van der Waals surface area contributed by atoms with Crippen LogP contribution in [0.25, 0.3) is 0 Å². The molecule has 0 amide bonds. The normalized spacial score (nSPS) is 10.5. The summed E-state index contributed by atoms with van der Waals surface area (Å²) in [6.07, 6.45) is 19.6. The predicted octanol–water partition coefficient (Wildman–Crippen LogP) is 8.42. The zero-order valence-electron chi connectivity index (χ0n) is 17.6. The van der Waals surface area contributed by atoms with E-state index in [0.717, 1.165) is 0 Å². The fraction of sp³-hybridized carbons (Fsp3) is 0.750. The van der Waals surface area contributed by atoms with Crippen LogP contribution in [-0.4, -0.2) is 13.1 Å². The Hall–Kier alpha value is -0.690. The Morgan fingerprint density at radius 3 is 1.38 bits per heavy atom. The Bertz CT molecular complexity index is 379. The van der Waals surface area contributed by atoms with Gasteiger partial charge in [-0.15, -0.1) is 12.4 Å². The van der Waals surface area contributed by atoms with E-state index < -0.39 is 0 Å². The van der Waals surface area contributed by atoms with Crippen LogP contribution >= 0.6 is 12.4 Å². The number of para-hydroxylation sites is 1. The van der Waals surface area contributed by atoms with Crippen LogP contribution in [0.4, 0.5) is 5.69 Å². The molecular formula is C24H44ClN. The largest absolute Gasteiger partial charge is 0.372 e. The number of hydrogen-bond donors (Lipinski definition) is 0.